The first kappa shape index (κ1) is 14.8. The van der Waals surface area contributed by atoms with Crippen molar-refractivity contribution in [1.82, 2.24) is 20.3 Å². The molecule has 0 saturated heterocycles. The minimum Gasteiger partial charge on any atom is -0.491 e. The Morgan fingerprint density at radius 2 is 2.04 bits per heavy atom. The molecule has 0 unspecified atom stereocenters. The summed E-state index contributed by atoms with van der Waals surface area (Å²) < 4.78 is 5.61. The van der Waals surface area contributed by atoms with Crippen LogP contribution in [0, 0.1) is 6.92 Å². The highest BCUT2D eigenvalue weighted by atomic mass is 32.1. The summed E-state index contributed by atoms with van der Waals surface area (Å²) in [6.45, 7) is 2.26. The number of hydrogen-bond donors (Lipinski definition) is 1. The zero-order chi connectivity index (χ0) is 16.5. The molecule has 3 aromatic rings. The fourth-order valence-electron chi connectivity index (χ4n) is 2.62. The Kier molecular flexibility index (Phi) is 3.70. The summed E-state index contributed by atoms with van der Waals surface area (Å²) in [5, 5.41) is 3.66. The second-order valence-corrected chi connectivity index (χ2v) is 6.38. The van der Waals surface area contributed by atoms with Crippen LogP contribution in [-0.4, -0.2) is 27.5 Å². The molecule has 3 heterocycles. The summed E-state index contributed by atoms with van der Waals surface area (Å²) in [6, 6.07) is 9.33. The molecule has 1 amide bonds. The largest absolute Gasteiger partial charge is 0.491 e. The number of thiazole rings is 1. The monoisotopic (exact) mass is 338 g/mol. The normalized spacial score (nSPS) is 15.6. The molecule has 0 spiro atoms. The van der Waals surface area contributed by atoms with Crippen LogP contribution in [0.5, 0.6) is 5.75 Å². The smallest absolute Gasteiger partial charge is 0.263 e. The van der Waals surface area contributed by atoms with Crippen LogP contribution in [0.25, 0.3) is 10.8 Å². The minimum atomic E-state index is -0.155. The molecule has 6 nitrogen and oxygen atoms in total. The fourth-order valence-corrected chi connectivity index (χ4v) is 3.54. The van der Waals surface area contributed by atoms with Crippen molar-refractivity contribution in [2.75, 3.05) is 6.61 Å². The summed E-state index contributed by atoms with van der Waals surface area (Å²) in [6.07, 6.45) is 3.32. The maximum absolute atomic E-state index is 12.6. The number of aryl methyl sites for hydroxylation is 1. The highest BCUT2D eigenvalue weighted by molar-refractivity contribution is 7.17. The van der Waals surface area contributed by atoms with Crippen LogP contribution >= 0.6 is 11.3 Å². The third-order valence-electron chi connectivity index (χ3n) is 3.77. The van der Waals surface area contributed by atoms with Gasteiger partial charge >= 0.3 is 0 Å². The van der Waals surface area contributed by atoms with Crippen molar-refractivity contribution in [2.45, 2.75) is 13.0 Å². The molecule has 120 valence electrons. The van der Waals surface area contributed by atoms with Crippen molar-refractivity contribution < 1.29 is 9.53 Å². The highest BCUT2D eigenvalue weighted by Crippen LogP contribution is 2.32. The Bertz CT molecular complexity index is 895. The summed E-state index contributed by atoms with van der Waals surface area (Å²) >= 11 is 1.30. The van der Waals surface area contributed by atoms with E-state index >= 15 is 0 Å². The summed E-state index contributed by atoms with van der Waals surface area (Å²) in [5.41, 5.74) is 1.67. The van der Waals surface area contributed by atoms with Crippen LogP contribution in [0.15, 0.2) is 42.7 Å². The van der Waals surface area contributed by atoms with Gasteiger partial charge in [-0.2, -0.15) is 0 Å². The van der Waals surface area contributed by atoms with E-state index in [0.29, 0.717) is 28.0 Å². The Hall–Kier alpha value is -2.80. The van der Waals surface area contributed by atoms with Crippen molar-refractivity contribution in [3.63, 3.8) is 0 Å². The molecule has 1 N–H and O–H groups in total. The quantitative estimate of drug-likeness (QED) is 0.794. The van der Waals surface area contributed by atoms with Gasteiger partial charge < -0.3 is 10.1 Å². The van der Waals surface area contributed by atoms with Crippen LogP contribution in [0.2, 0.25) is 0 Å². The van der Waals surface area contributed by atoms with Crippen LogP contribution in [-0.2, 0) is 0 Å². The molecule has 0 aliphatic carbocycles. The summed E-state index contributed by atoms with van der Waals surface area (Å²) in [4.78, 5) is 26.0. The Labute approximate surface area is 142 Å². The number of aromatic nitrogens is 3. The Balaban J connectivity index is 1.57. The van der Waals surface area contributed by atoms with Gasteiger partial charge in [-0.3, -0.25) is 4.79 Å². The first-order valence-corrected chi connectivity index (χ1v) is 8.31. The van der Waals surface area contributed by atoms with Gasteiger partial charge in [0.2, 0.25) is 0 Å². The first-order chi connectivity index (χ1) is 11.7. The van der Waals surface area contributed by atoms with E-state index in [9.17, 15) is 4.79 Å². The molecule has 0 fully saturated rings. The number of ether oxygens (including phenoxy) is 1. The topological polar surface area (TPSA) is 77.0 Å². The van der Waals surface area contributed by atoms with E-state index in [-0.39, 0.29) is 11.9 Å². The van der Waals surface area contributed by atoms with Gasteiger partial charge in [0.1, 0.15) is 17.2 Å². The number of carbonyl (C=O) groups excluding carboxylic acids is 1. The van der Waals surface area contributed by atoms with Gasteiger partial charge in [0.25, 0.3) is 5.91 Å². The average Bonchev–Trinajstić information content (AvgIpc) is 3.20. The zero-order valence-electron chi connectivity index (χ0n) is 12.9. The van der Waals surface area contributed by atoms with Crippen molar-refractivity contribution in [3.05, 3.63) is 58.9 Å². The number of fused-ring (bicyclic) bond motifs is 1. The number of hydrogen-bond acceptors (Lipinski definition) is 6. The Morgan fingerprint density at radius 3 is 2.88 bits per heavy atom. The second kappa shape index (κ2) is 6.01. The number of nitrogens with zero attached hydrogens (tertiary/aromatic N) is 3. The van der Waals surface area contributed by atoms with Gasteiger partial charge in [0, 0.05) is 18.0 Å². The van der Waals surface area contributed by atoms with E-state index in [0.717, 1.165) is 11.3 Å². The standard InChI is InChI=1S/C17H14N4O2S/c1-10-14(24-17(20-10)15-18-7-4-8-19-15)16(22)21-12-9-23-13-6-3-2-5-11(12)13/h2-8,12H,9H2,1H3,(H,21,22)/t12-/m0/s1. The first-order valence-electron chi connectivity index (χ1n) is 7.50. The van der Waals surface area contributed by atoms with E-state index in [2.05, 4.69) is 20.3 Å². The lowest BCUT2D eigenvalue weighted by atomic mass is 10.1. The molecule has 24 heavy (non-hydrogen) atoms. The number of para-hydroxylation sites is 1. The van der Waals surface area contributed by atoms with Crippen molar-refractivity contribution >= 4 is 17.2 Å². The van der Waals surface area contributed by atoms with Crippen molar-refractivity contribution in [3.8, 4) is 16.6 Å². The number of carbonyl (C=O) groups is 1. The zero-order valence-corrected chi connectivity index (χ0v) is 13.7. The van der Waals surface area contributed by atoms with E-state index in [1.807, 2.05) is 31.2 Å². The molecule has 1 atom stereocenters. The van der Waals surface area contributed by atoms with E-state index in [1.165, 1.54) is 11.3 Å². The van der Waals surface area contributed by atoms with E-state index < -0.39 is 0 Å². The van der Waals surface area contributed by atoms with Gasteiger partial charge in [-0.15, -0.1) is 11.3 Å². The molecule has 1 aromatic carbocycles. The van der Waals surface area contributed by atoms with Gasteiger partial charge in [-0.25, -0.2) is 15.0 Å². The minimum absolute atomic E-state index is 0.147. The van der Waals surface area contributed by atoms with Crippen LogP contribution in [0.1, 0.15) is 27.0 Å². The van der Waals surface area contributed by atoms with Gasteiger partial charge in [-0.05, 0) is 19.1 Å². The molecule has 1 aliphatic heterocycles. The molecular formula is C17H14N4O2S. The molecule has 7 heteroatoms. The van der Waals surface area contributed by atoms with Gasteiger partial charge in [-0.1, -0.05) is 18.2 Å². The molecule has 2 aromatic heterocycles. The maximum atomic E-state index is 12.6. The van der Waals surface area contributed by atoms with Crippen LogP contribution in [0.3, 0.4) is 0 Å². The molecule has 0 radical (unpaired) electrons. The van der Waals surface area contributed by atoms with E-state index in [1.54, 1.807) is 18.5 Å². The SMILES string of the molecule is Cc1nc(-c2ncccn2)sc1C(=O)N[C@H]1COc2ccccc21. The van der Waals surface area contributed by atoms with E-state index in [4.69, 9.17) is 4.74 Å². The lowest BCUT2D eigenvalue weighted by Gasteiger charge is -2.10. The molecule has 1 aliphatic rings. The molecule has 0 saturated carbocycles. The van der Waals surface area contributed by atoms with Crippen molar-refractivity contribution in [1.29, 1.82) is 0 Å². The predicted molar refractivity (Wildman–Crippen MR) is 90.0 cm³/mol. The average molecular weight is 338 g/mol. The summed E-state index contributed by atoms with van der Waals surface area (Å²) in [7, 11) is 0. The number of amides is 1. The molecule has 0 bridgehead atoms. The Morgan fingerprint density at radius 1 is 1.25 bits per heavy atom. The summed E-state index contributed by atoms with van der Waals surface area (Å²) in [5.74, 6) is 1.19. The third kappa shape index (κ3) is 2.63. The van der Waals surface area contributed by atoms with Crippen LogP contribution in [0.4, 0.5) is 0 Å². The number of rotatable bonds is 3. The number of nitrogens with one attached hydrogen (secondary N) is 1. The lowest BCUT2D eigenvalue weighted by Crippen LogP contribution is -2.29. The lowest BCUT2D eigenvalue weighted by molar-refractivity contribution is 0.0933. The fraction of sp³-hybridized carbons (Fsp3) is 0.176. The highest BCUT2D eigenvalue weighted by Gasteiger charge is 2.27. The predicted octanol–water partition coefficient (Wildman–Crippen LogP) is 2.77. The maximum Gasteiger partial charge on any atom is 0.263 e. The van der Waals surface area contributed by atoms with Gasteiger partial charge in [0.05, 0.1) is 11.7 Å². The second-order valence-electron chi connectivity index (χ2n) is 5.38. The molecular weight excluding hydrogens is 324 g/mol. The van der Waals surface area contributed by atoms with Crippen molar-refractivity contribution in [2.24, 2.45) is 0 Å². The number of benzene rings is 1. The third-order valence-corrected chi connectivity index (χ3v) is 4.92. The molecule has 4 rings (SSSR count). The van der Waals surface area contributed by atoms with Crippen LogP contribution < -0.4 is 10.1 Å². The van der Waals surface area contributed by atoms with Gasteiger partial charge in [0.15, 0.2) is 10.8 Å².